The van der Waals surface area contributed by atoms with Crippen LogP contribution in [0.1, 0.15) is 5.56 Å². The fourth-order valence-corrected chi connectivity index (χ4v) is 1.58. The van der Waals surface area contributed by atoms with Crippen molar-refractivity contribution in [3.8, 4) is 11.4 Å². The SMILES string of the molecule is COc1ccc(-n2cnnn2)c(CC(N)=O)c1F.O=CO. The first-order valence-electron chi connectivity index (χ1n) is 5.50. The zero-order valence-corrected chi connectivity index (χ0v) is 10.9. The second kappa shape index (κ2) is 7.53. The van der Waals surface area contributed by atoms with E-state index in [9.17, 15) is 9.18 Å². The van der Waals surface area contributed by atoms with Crippen LogP contribution < -0.4 is 10.5 Å². The lowest BCUT2D eigenvalue weighted by Crippen LogP contribution is -2.17. The first kappa shape index (κ1) is 16.0. The van der Waals surface area contributed by atoms with Crippen molar-refractivity contribution < 1.29 is 23.8 Å². The Morgan fingerprint density at radius 2 is 2.24 bits per heavy atom. The average Bonchev–Trinajstić information content (AvgIpc) is 2.95. The molecule has 2 aromatic rings. The molecule has 10 heteroatoms. The number of rotatable bonds is 4. The quantitative estimate of drug-likeness (QED) is 0.729. The van der Waals surface area contributed by atoms with Gasteiger partial charge in [0.15, 0.2) is 11.6 Å². The summed E-state index contributed by atoms with van der Waals surface area (Å²) >= 11 is 0. The van der Waals surface area contributed by atoms with Gasteiger partial charge in [-0.25, -0.2) is 9.07 Å². The zero-order valence-electron chi connectivity index (χ0n) is 10.9. The summed E-state index contributed by atoms with van der Waals surface area (Å²) in [5.74, 6) is -1.27. The molecule has 0 fully saturated rings. The highest BCUT2D eigenvalue weighted by Crippen LogP contribution is 2.26. The maximum absolute atomic E-state index is 14.1. The summed E-state index contributed by atoms with van der Waals surface area (Å²) in [6.45, 7) is -0.250. The zero-order chi connectivity index (χ0) is 15.8. The molecule has 0 saturated heterocycles. The Bertz CT molecular complexity index is 617. The molecule has 0 aliphatic carbocycles. The molecule has 9 nitrogen and oxygen atoms in total. The molecule has 0 radical (unpaired) electrons. The summed E-state index contributed by atoms with van der Waals surface area (Å²) in [7, 11) is 1.34. The molecule has 1 heterocycles. The molecule has 112 valence electrons. The molecule has 0 bridgehead atoms. The first-order chi connectivity index (χ1) is 10.0. The summed E-state index contributed by atoms with van der Waals surface area (Å²) in [4.78, 5) is 19.4. The first-order valence-corrected chi connectivity index (χ1v) is 5.50. The van der Waals surface area contributed by atoms with Gasteiger partial charge >= 0.3 is 0 Å². The number of tetrazole rings is 1. The van der Waals surface area contributed by atoms with Gasteiger partial charge in [0.2, 0.25) is 5.91 Å². The lowest BCUT2D eigenvalue weighted by atomic mass is 10.1. The number of nitrogens with two attached hydrogens (primary N) is 1. The monoisotopic (exact) mass is 297 g/mol. The summed E-state index contributed by atoms with van der Waals surface area (Å²) in [6.07, 6.45) is 1.03. The highest BCUT2D eigenvalue weighted by Gasteiger charge is 2.17. The topological polar surface area (TPSA) is 133 Å². The van der Waals surface area contributed by atoms with Crippen LogP contribution in [0.3, 0.4) is 0 Å². The summed E-state index contributed by atoms with van der Waals surface area (Å²) in [5, 5.41) is 17.4. The Morgan fingerprint density at radius 1 is 1.57 bits per heavy atom. The van der Waals surface area contributed by atoms with Crippen molar-refractivity contribution in [1.29, 1.82) is 0 Å². The molecule has 0 saturated carbocycles. The van der Waals surface area contributed by atoms with Gasteiger partial charge < -0.3 is 15.6 Å². The summed E-state index contributed by atoms with van der Waals surface area (Å²) in [5.41, 5.74) is 5.54. The molecule has 0 spiro atoms. The Morgan fingerprint density at radius 3 is 2.71 bits per heavy atom. The molecular formula is C11H12FN5O4. The second-order valence-corrected chi connectivity index (χ2v) is 3.58. The van der Waals surface area contributed by atoms with Crippen molar-refractivity contribution in [2.24, 2.45) is 5.73 Å². The lowest BCUT2D eigenvalue weighted by Gasteiger charge is -2.11. The molecule has 0 atom stereocenters. The molecule has 2 rings (SSSR count). The van der Waals surface area contributed by atoms with E-state index in [-0.39, 0.29) is 24.2 Å². The maximum atomic E-state index is 14.1. The van der Waals surface area contributed by atoms with E-state index in [2.05, 4.69) is 15.5 Å². The van der Waals surface area contributed by atoms with Gasteiger partial charge in [-0.15, -0.1) is 5.10 Å². The number of ether oxygens (including phenoxy) is 1. The highest BCUT2D eigenvalue weighted by molar-refractivity contribution is 5.78. The largest absolute Gasteiger partial charge is 0.494 e. The summed E-state index contributed by atoms with van der Waals surface area (Å²) in [6, 6.07) is 2.98. The maximum Gasteiger partial charge on any atom is 0.290 e. The molecule has 1 aromatic heterocycles. The van der Waals surface area contributed by atoms with Crippen molar-refractivity contribution in [3.63, 3.8) is 0 Å². The van der Waals surface area contributed by atoms with Crippen LogP contribution in [0.5, 0.6) is 5.75 Å². The normalized spacial score (nSPS) is 9.43. The molecule has 3 N–H and O–H groups in total. The molecule has 0 aliphatic heterocycles. The average molecular weight is 297 g/mol. The predicted molar refractivity (Wildman–Crippen MR) is 67.3 cm³/mol. The Kier molecular flexibility index (Phi) is 5.74. The third-order valence-electron chi connectivity index (χ3n) is 2.35. The van der Waals surface area contributed by atoms with Gasteiger partial charge in [-0.2, -0.15) is 0 Å². The molecule has 21 heavy (non-hydrogen) atoms. The van der Waals surface area contributed by atoms with Gasteiger partial charge in [0.1, 0.15) is 6.33 Å². The van der Waals surface area contributed by atoms with E-state index in [0.717, 1.165) is 0 Å². The van der Waals surface area contributed by atoms with E-state index in [1.165, 1.54) is 24.2 Å². The van der Waals surface area contributed by atoms with Crippen LogP contribution in [0.2, 0.25) is 0 Å². The van der Waals surface area contributed by atoms with Gasteiger partial charge in [0, 0.05) is 5.56 Å². The van der Waals surface area contributed by atoms with E-state index >= 15 is 0 Å². The number of hydrogen-bond donors (Lipinski definition) is 2. The number of carboxylic acid groups (broad SMARTS) is 1. The standard InChI is InChI=1S/C10H10FN5O2.CH2O2/c1-18-8-3-2-7(16-5-13-14-15-16)6(10(8)11)4-9(12)17;2-1-3/h2-3,5H,4H2,1H3,(H2,12,17);1H,(H,2,3). The molecule has 0 unspecified atom stereocenters. The third kappa shape index (κ3) is 3.96. The van der Waals surface area contributed by atoms with Crippen LogP contribution in [0.4, 0.5) is 4.39 Å². The number of carbonyl (C=O) groups excluding carboxylic acids is 1. The van der Waals surface area contributed by atoms with Crippen molar-refractivity contribution >= 4 is 12.4 Å². The van der Waals surface area contributed by atoms with Gasteiger partial charge in [-0.3, -0.25) is 9.59 Å². The van der Waals surface area contributed by atoms with Gasteiger partial charge in [0.25, 0.3) is 6.47 Å². The molecule has 1 amide bonds. The second-order valence-electron chi connectivity index (χ2n) is 3.58. The van der Waals surface area contributed by atoms with Crippen LogP contribution in [-0.4, -0.2) is 44.8 Å². The lowest BCUT2D eigenvalue weighted by molar-refractivity contribution is -0.123. The van der Waals surface area contributed by atoms with Gasteiger partial charge in [-0.05, 0) is 22.6 Å². The van der Waals surface area contributed by atoms with Crippen LogP contribution in [0.15, 0.2) is 18.5 Å². The third-order valence-corrected chi connectivity index (χ3v) is 2.35. The minimum absolute atomic E-state index is 0.0306. The van der Waals surface area contributed by atoms with E-state index in [4.69, 9.17) is 20.4 Å². The minimum atomic E-state index is -0.656. The number of nitrogens with zero attached hydrogens (tertiary/aromatic N) is 4. The number of carbonyl (C=O) groups is 2. The smallest absolute Gasteiger partial charge is 0.290 e. The Balaban J connectivity index is 0.000000677. The highest BCUT2D eigenvalue weighted by atomic mass is 19.1. The number of methoxy groups -OCH3 is 1. The van der Waals surface area contributed by atoms with E-state index in [0.29, 0.717) is 5.69 Å². The van der Waals surface area contributed by atoms with Crippen molar-refractivity contribution in [2.45, 2.75) is 6.42 Å². The minimum Gasteiger partial charge on any atom is -0.494 e. The fourth-order valence-electron chi connectivity index (χ4n) is 1.58. The number of halogens is 1. The summed E-state index contributed by atoms with van der Waals surface area (Å²) < 4.78 is 20.2. The van der Waals surface area contributed by atoms with E-state index in [1.807, 2.05) is 0 Å². The number of primary amides is 1. The molecule has 0 aliphatic rings. The van der Waals surface area contributed by atoms with Crippen LogP contribution in [0.25, 0.3) is 5.69 Å². The van der Waals surface area contributed by atoms with E-state index in [1.54, 1.807) is 6.07 Å². The fraction of sp³-hybridized carbons (Fsp3) is 0.182. The van der Waals surface area contributed by atoms with Crippen molar-refractivity contribution in [3.05, 3.63) is 29.8 Å². The van der Waals surface area contributed by atoms with Crippen LogP contribution in [-0.2, 0) is 16.0 Å². The van der Waals surface area contributed by atoms with Gasteiger partial charge in [0.05, 0.1) is 19.2 Å². The number of amides is 1. The Hall–Kier alpha value is -3.04. The van der Waals surface area contributed by atoms with Crippen LogP contribution in [0, 0.1) is 5.82 Å². The Labute approximate surface area is 118 Å². The van der Waals surface area contributed by atoms with E-state index < -0.39 is 11.7 Å². The molecular weight excluding hydrogens is 285 g/mol. The van der Waals surface area contributed by atoms with Crippen molar-refractivity contribution in [1.82, 2.24) is 20.2 Å². The van der Waals surface area contributed by atoms with Crippen molar-refractivity contribution in [2.75, 3.05) is 7.11 Å². The number of benzene rings is 1. The number of hydrogen-bond acceptors (Lipinski definition) is 6. The predicted octanol–water partition coefficient (Wildman–Crippen LogP) is -0.461. The molecule has 1 aromatic carbocycles. The van der Waals surface area contributed by atoms with Gasteiger partial charge in [-0.1, -0.05) is 0 Å². The number of aromatic nitrogens is 4. The van der Waals surface area contributed by atoms with Crippen LogP contribution >= 0.6 is 0 Å².